The van der Waals surface area contributed by atoms with Crippen molar-refractivity contribution in [1.29, 1.82) is 0 Å². The Morgan fingerprint density at radius 1 is 1.29 bits per heavy atom. The van der Waals surface area contributed by atoms with Gasteiger partial charge in [0.05, 0.1) is 4.92 Å². The van der Waals surface area contributed by atoms with Crippen molar-refractivity contribution in [3.05, 3.63) is 52.3 Å². The molecule has 1 heterocycles. The van der Waals surface area contributed by atoms with Crippen molar-refractivity contribution in [3.8, 4) is 11.8 Å². The highest BCUT2D eigenvalue weighted by Gasteiger charge is 2.20. The molecule has 0 radical (unpaired) electrons. The zero-order chi connectivity index (χ0) is 14.7. The molecule has 1 aliphatic carbocycles. The second-order valence-corrected chi connectivity index (χ2v) is 4.86. The summed E-state index contributed by atoms with van der Waals surface area (Å²) in [6.07, 6.45) is 5.76. The topological polar surface area (TPSA) is 90.2 Å². The number of nitrogens with one attached hydrogen (secondary N) is 1. The van der Waals surface area contributed by atoms with Crippen LogP contribution in [0.2, 0.25) is 0 Å². The Morgan fingerprint density at radius 2 is 2.00 bits per heavy atom. The first-order chi connectivity index (χ1) is 10.2. The van der Waals surface area contributed by atoms with Crippen molar-refractivity contribution in [3.63, 3.8) is 0 Å². The van der Waals surface area contributed by atoms with Crippen molar-refractivity contribution in [2.45, 2.75) is 25.4 Å². The molecule has 3 rings (SSSR count). The van der Waals surface area contributed by atoms with Crippen LogP contribution in [0.4, 0.5) is 5.69 Å². The van der Waals surface area contributed by atoms with Gasteiger partial charge in [0.25, 0.3) is 0 Å². The molecule has 1 saturated carbocycles. The fourth-order valence-corrected chi connectivity index (χ4v) is 1.83. The second-order valence-electron chi connectivity index (χ2n) is 4.86. The number of aromatic nitrogens is 2. The maximum atomic E-state index is 10.9. The largest absolute Gasteiger partial charge is 0.417 e. The number of nitrogens with zero attached hydrogens (tertiary/aromatic N) is 3. The second kappa shape index (κ2) is 5.84. The standard InChI is InChI=1S/C14H14N4O3/c19-18(20)12-3-1-2-4-13(12)21-14-16-8-10(9-17-14)7-15-11-5-6-11/h1-4,8-9,11,15H,5-7H2. The van der Waals surface area contributed by atoms with E-state index in [1.54, 1.807) is 24.5 Å². The highest BCUT2D eigenvalue weighted by Crippen LogP contribution is 2.29. The summed E-state index contributed by atoms with van der Waals surface area (Å²) in [6, 6.07) is 6.86. The van der Waals surface area contributed by atoms with Crippen LogP contribution in [0.3, 0.4) is 0 Å². The molecule has 2 aromatic rings. The number of hydrogen-bond acceptors (Lipinski definition) is 6. The average Bonchev–Trinajstić information content (AvgIpc) is 3.31. The first kappa shape index (κ1) is 13.4. The lowest BCUT2D eigenvalue weighted by molar-refractivity contribution is -0.385. The van der Waals surface area contributed by atoms with Gasteiger partial charge in [-0.1, -0.05) is 12.1 Å². The highest BCUT2D eigenvalue weighted by molar-refractivity contribution is 5.46. The Hall–Kier alpha value is -2.54. The molecule has 1 aromatic heterocycles. The summed E-state index contributed by atoms with van der Waals surface area (Å²) in [5.74, 6) is 0.131. The molecular formula is C14H14N4O3. The molecular weight excluding hydrogens is 272 g/mol. The predicted octanol–water partition coefficient (Wildman–Crippen LogP) is 2.43. The first-order valence-electron chi connectivity index (χ1n) is 6.68. The van der Waals surface area contributed by atoms with E-state index < -0.39 is 4.92 Å². The van der Waals surface area contributed by atoms with E-state index in [9.17, 15) is 10.1 Å². The minimum absolute atomic E-state index is 0.0967. The SMILES string of the molecule is O=[N+]([O-])c1ccccc1Oc1ncc(CNC2CC2)cn1. The number of nitro benzene ring substituents is 1. The van der Waals surface area contributed by atoms with Crippen molar-refractivity contribution in [2.24, 2.45) is 0 Å². The van der Waals surface area contributed by atoms with E-state index in [1.165, 1.54) is 25.0 Å². The monoisotopic (exact) mass is 286 g/mol. The Labute approximate surface area is 121 Å². The number of benzene rings is 1. The van der Waals surface area contributed by atoms with E-state index in [0.29, 0.717) is 6.04 Å². The molecule has 1 aliphatic rings. The smallest absolute Gasteiger partial charge is 0.322 e. The van der Waals surface area contributed by atoms with Crippen molar-refractivity contribution < 1.29 is 9.66 Å². The van der Waals surface area contributed by atoms with Crippen molar-refractivity contribution in [1.82, 2.24) is 15.3 Å². The van der Waals surface area contributed by atoms with Gasteiger partial charge < -0.3 is 10.1 Å². The summed E-state index contributed by atoms with van der Waals surface area (Å²) in [7, 11) is 0. The lowest BCUT2D eigenvalue weighted by Gasteiger charge is -2.05. The Kier molecular flexibility index (Phi) is 3.74. The molecule has 1 aromatic carbocycles. The minimum Gasteiger partial charge on any atom is -0.417 e. The molecule has 0 saturated heterocycles. The van der Waals surface area contributed by atoms with Gasteiger partial charge in [0.2, 0.25) is 5.75 Å². The van der Waals surface area contributed by atoms with Gasteiger partial charge in [-0.2, -0.15) is 0 Å². The van der Waals surface area contributed by atoms with E-state index in [2.05, 4.69) is 15.3 Å². The highest BCUT2D eigenvalue weighted by atomic mass is 16.6. The van der Waals surface area contributed by atoms with Crippen LogP contribution < -0.4 is 10.1 Å². The van der Waals surface area contributed by atoms with E-state index in [0.717, 1.165) is 12.1 Å². The quantitative estimate of drug-likeness (QED) is 0.648. The fraction of sp³-hybridized carbons (Fsp3) is 0.286. The van der Waals surface area contributed by atoms with E-state index in [1.807, 2.05) is 0 Å². The summed E-state index contributed by atoms with van der Waals surface area (Å²) in [5, 5.41) is 14.3. The third-order valence-electron chi connectivity index (χ3n) is 3.12. The van der Waals surface area contributed by atoms with Crippen LogP contribution in [0.25, 0.3) is 0 Å². The minimum atomic E-state index is -0.497. The summed E-state index contributed by atoms with van der Waals surface area (Å²) >= 11 is 0. The van der Waals surface area contributed by atoms with Crippen LogP contribution in [-0.2, 0) is 6.54 Å². The predicted molar refractivity (Wildman–Crippen MR) is 75.1 cm³/mol. The number of para-hydroxylation sites is 2. The molecule has 0 bridgehead atoms. The molecule has 0 atom stereocenters. The molecule has 0 aliphatic heterocycles. The lowest BCUT2D eigenvalue weighted by atomic mass is 10.3. The number of hydrogen-bond donors (Lipinski definition) is 1. The zero-order valence-corrected chi connectivity index (χ0v) is 11.2. The average molecular weight is 286 g/mol. The van der Waals surface area contributed by atoms with Crippen LogP contribution in [-0.4, -0.2) is 20.9 Å². The summed E-state index contributed by atoms with van der Waals surface area (Å²) in [6.45, 7) is 0.719. The molecule has 0 amide bonds. The molecule has 7 heteroatoms. The molecule has 0 spiro atoms. The molecule has 7 nitrogen and oxygen atoms in total. The first-order valence-corrected chi connectivity index (χ1v) is 6.68. The van der Waals surface area contributed by atoms with Gasteiger partial charge >= 0.3 is 11.7 Å². The molecule has 21 heavy (non-hydrogen) atoms. The van der Waals surface area contributed by atoms with Crippen LogP contribution in [0.15, 0.2) is 36.7 Å². The zero-order valence-electron chi connectivity index (χ0n) is 11.2. The Bertz CT molecular complexity index is 641. The van der Waals surface area contributed by atoms with Gasteiger partial charge in [0, 0.05) is 36.6 Å². The maximum absolute atomic E-state index is 10.9. The summed E-state index contributed by atoms with van der Waals surface area (Å²) < 4.78 is 5.38. The van der Waals surface area contributed by atoms with E-state index in [4.69, 9.17) is 4.74 Å². The molecule has 108 valence electrons. The van der Waals surface area contributed by atoms with Gasteiger partial charge in [-0.3, -0.25) is 10.1 Å². The Morgan fingerprint density at radius 3 is 2.67 bits per heavy atom. The van der Waals surface area contributed by atoms with Crippen LogP contribution in [0.1, 0.15) is 18.4 Å². The number of ether oxygens (including phenoxy) is 1. The molecule has 1 N–H and O–H groups in total. The van der Waals surface area contributed by atoms with Gasteiger partial charge in [-0.15, -0.1) is 0 Å². The van der Waals surface area contributed by atoms with Crippen LogP contribution in [0.5, 0.6) is 11.8 Å². The summed E-state index contributed by atoms with van der Waals surface area (Å²) in [4.78, 5) is 18.6. The molecule has 0 unspecified atom stereocenters. The fourth-order valence-electron chi connectivity index (χ4n) is 1.83. The third-order valence-corrected chi connectivity index (χ3v) is 3.12. The maximum Gasteiger partial charge on any atom is 0.322 e. The normalized spacial score (nSPS) is 13.9. The van der Waals surface area contributed by atoms with Gasteiger partial charge in [-0.05, 0) is 18.9 Å². The van der Waals surface area contributed by atoms with E-state index in [-0.39, 0.29) is 17.4 Å². The third kappa shape index (κ3) is 3.51. The van der Waals surface area contributed by atoms with Gasteiger partial charge in [-0.25, -0.2) is 9.97 Å². The van der Waals surface area contributed by atoms with Crippen LogP contribution >= 0.6 is 0 Å². The lowest BCUT2D eigenvalue weighted by Crippen LogP contribution is -2.15. The van der Waals surface area contributed by atoms with Crippen molar-refractivity contribution >= 4 is 5.69 Å². The van der Waals surface area contributed by atoms with Crippen LogP contribution in [0, 0.1) is 10.1 Å². The van der Waals surface area contributed by atoms with Gasteiger partial charge in [0.1, 0.15) is 0 Å². The van der Waals surface area contributed by atoms with E-state index >= 15 is 0 Å². The number of rotatable bonds is 6. The molecule has 1 fully saturated rings. The Balaban J connectivity index is 1.68. The van der Waals surface area contributed by atoms with Gasteiger partial charge in [0.15, 0.2) is 0 Å². The van der Waals surface area contributed by atoms with Crippen molar-refractivity contribution in [2.75, 3.05) is 0 Å². The number of nitro groups is 1. The summed E-state index contributed by atoms with van der Waals surface area (Å²) in [5.41, 5.74) is 0.845.